The average molecular weight is 250 g/mol. The summed E-state index contributed by atoms with van der Waals surface area (Å²) in [5.41, 5.74) is 2.07. The van der Waals surface area contributed by atoms with Gasteiger partial charge in [0.1, 0.15) is 6.33 Å². The van der Waals surface area contributed by atoms with Gasteiger partial charge in [0.05, 0.1) is 7.11 Å². The number of ether oxygens (including phenoxy) is 1. The fourth-order valence-corrected chi connectivity index (χ4v) is 1.67. The summed E-state index contributed by atoms with van der Waals surface area (Å²) in [6.07, 6.45) is 1.39. The number of methoxy groups -OCH3 is 1. The summed E-state index contributed by atoms with van der Waals surface area (Å²) < 4.78 is 5.17. The summed E-state index contributed by atoms with van der Waals surface area (Å²) in [5.74, 6) is 0.999. The largest absolute Gasteiger partial charge is 0.490 e. The third kappa shape index (κ3) is 2.47. The fraction of sp³-hybridized carbons (Fsp3) is 0.167. The van der Waals surface area contributed by atoms with Crippen LogP contribution in [-0.2, 0) is 0 Å². The maximum atomic E-state index is 5.92. The zero-order chi connectivity index (χ0) is 12.3. The average Bonchev–Trinajstić information content (AvgIpc) is 2.32. The highest BCUT2D eigenvalue weighted by molar-refractivity contribution is 6.31. The first-order valence-electron chi connectivity index (χ1n) is 5.09. The van der Waals surface area contributed by atoms with Gasteiger partial charge in [-0.1, -0.05) is 29.8 Å². The van der Waals surface area contributed by atoms with Gasteiger partial charge >= 0.3 is 0 Å². The second kappa shape index (κ2) is 5.01. The molecular formula is C12H12ClN3O. The van der Waals surface area contributed by atoms with Crippen molar-refractivity contribution in [1.82, 2.24) is 9.97 Å². The predicted molar refractivity (Wildman–Crippen MR) is 68.1 cm³/mol. The molecule has 0 bridgehead atoms. The molecule has 17 heavy (non-hydrogen) atoms. The molecule has 88 valence electrons. The number of rotatable bonds is 3. The zero-order valence-corrected chi connectivity index (χ0v) is 10.3. The van der Waals surface area contributed by atoms with Crippen LogP contribution in [-0.4, -0.2) is 17.1 Å². The Balaban J connectivity index is 2.37. The first-order valence-corrected chi connectivity index (χ1v) is 5.47. The molecule has 0 spiro atoms. The van der Waals surface area contributed by atoms with Crippen LogP contribution in [0.1, 0.15) is 5.56 Å². The maximum Gasteiger partial charge on any atom is 0.199 e. The number of para-hydroxylation sites is 1. The molecule has 0 aliphatic carbocycles. The van der Waals surface area contributed by atoms with E-state index in [4.69, 9.17) is 16.3 Å². The van der Waals surface area contributed by atoms with Crippen LogP contribution >= 0.6 is 11.6 Å². The molecule has 0 amide bonds. The lowest BCUT2D eigenvalue weighted by Crippen LogP contribution is -2.00. The van der Waals surface area contributed by atoms with Crippen molar-refractivity contribution in [2.24, 2.45) is 0 Å². The van der Waals surface area contributed by atoms with Gasteiger partial charge in [-0.05, 0) is 18.6 Å². The molecule has 0 unspecified atom stereocenters. The van der Waals surface area contributed by atoms with Crippen LogP contribution in [0.2, 0.25) is 5.15 Å². The molecule has 2 aromatic rings. The van der Waals surface area contributed by atoms with E-state index in [1.165, 1.54) is 13.4 Å². The van der Waals surface area contributed by atoms with Crippen molar-refractivity contribution in [2.45, 2.75) is 6.92 Å². The lowest BCUT2D eigenvalue weighted by atomic mass is 10.2. The molecule has 2 rings (SSSR count). The Labute approximate surface area is 105 Å². The van der Waals surface area contributed by atoms with Gasteiger partial charge in [-0.2, -0.15) is 0 Å². The van der Waals surface area contributed by atoms with Crippen molar-refractivity contribution < 1.29 is 4.74 Å². The van der Waals surface area contributed by atoms with Gasteiger partial charge in [0.15, 0.2) is 16.7 Å². The monoisotopic (exact) mass is 249 g/mol. The summed E-state index contributed by atoms with van der Waals surface area (Å²) in [6.45, 7) is 2.01. The Kier molecular flexibility index (Phi) is 3.44. The smallest absolute Gasteiger partial charge is 0.199 e. The minimum absolute atomic E-state index is 0.290. The van der Waals surface area contributed by atoms with Crippen LogP contribution in [0.15, 0.2) is 30.6 Å². The Hall–Kier alpha value is -1.81. The molecule has 5 heteroatoms. The van der Waals surface area contributed by atoms with Crippen LogP contribution in [0.5, 0.6) is 5.75 Å². The molecule has 0 saturated carbocycles. The van der Waals surface area contributed by atoms with Crippen LogP contribution < -0.4 is 10.1 Å². The highest BCUT2D eigenvalue weighted by Crippen LogP contribution is 2.31. The Morgan fingerprint density at radius 2 is 2.00 bits per heavy atom. The predicted octanol–water partition coefficient (Wildman–Crippen LogP) is 3.19. The number of hydrogen-bond donors (Lipinski definition) is 1. The Morgan fingerprint density at radius 1 is 1.24 bits per heavy atom. The van der Waals surface area contributed by atoms with Crippen molar-refractivity contribution in [1.29, 1.82) is 0 Å². The molecule has 1 N–H and O–H groups in total. The van der Waals surface area contributed by atoms with Gasteiger partial charge < -0.3 is 10.1 Å². The van der Waals surface area contributed by atoms with Crippen LogP contribution in [0, 0.1) is 6.92 Å². The Bertz CT molecular complexity index is 531. The van der Waals surface area contributed by atoms with Crippen molar-refractivity contribution >= 4 is 23.1 Å². The van der Waals surface area contributed by atoms with Crippen molar-refractivity contribution in [3.05, 3.63) is 41.3 Å². The van der Waals surface area contributed by atoms with Gasteiger partial charge in [-0.25, -0.2) is 9.97 Å². The fourth-order valence-electron chi connectivity index (χ4n) is 1.46. The second-order valence-electron chi connectivity index (χ2n) is 3.49. The van der Waals surface area contributed by atoms with Gasteiger partial charge in [-0.3, -0.25) is 0 Å². The maximum absolute atomic E-state index is 5.92. The second-order valence-corrected chi connectivity index (χ2v) is 3.84. The molecule has 1 aromatic carbocycles. The van der Waals surface area contributed by atoms with E-state index in [1.807, 2.05) is 31.2 Å². The van der Waals surface area contributed by atoms with E-state index < -0.39 is 0 Å². The van der Waals surface area contributed by atoms with E-state index in [9.17, 15) is 0 Å². The number of anilines is 2. The van der Waals surface area contributed by atoms with Crippen molar-refractivity contribution in [3.8, 4) is 5.75 Å². The topological polar surface area (TPSA) is 47.0 Å². The molecule has 0 fully saturated rings. The van der Waals surface area contributed by atoms with Crippen molar-refractivity contribution in [2.75, 3.05) is 12.4 Å². The van der Waals surface area contributed by atoms with Gasteiger partial charge in [0.2, 0.25) is 0 Å². The van der Waals surface area contributed by atoms with Crippen LogP contribution in [0.3, 0.4) is 0 Å². The molecule has 0 atom stereocenters. The first-order chi connectivity index (χ1) is 8.22. The number of nitrogens with zero attached hydrogens (tertiary/aromatic N) is 2. The summed E-state index contributed by atoms with van der Waals surface area (Å²) in [7, 11) is 1.54. The van der Waals surface area contributed by atoms with E-state index in [0.717, 1.165) is 11.3 Å². The summed E-state index contributed by atoms with van der Waals surface area (Å²) in [4.78, 5) is 7.98. The first kappa shape index (κ1) is 11.7. The summed E-state index contributed by atoms with van der Waals surface area (Å²) in [6, 6.07) is 7.90. The van der Waals surface area contributed by atoms with E-state index in [1.54, 1.807) is 0 Å². The number of nitrogens with one attached hydrogen (secondary N) is 1. The molecule has 0 aliphatic rings. The number of aryl methyl sites for hydroxylation is 1. The number of aromatic nitrogens is 2. The van der Waals surface area contributed by atoms with Gasteiger partial charge in [0, 0.05) is 5.69 Å². The van der Waals surface area contributed by atoms with Crippen LogP contribution in [0.4, 0.5) is 11.5 Å². The molecule has 1 aromatic heterocycles. The molecule has 0 saturated heterocycles. The normalized spacial score (nSPS) is 10.1. The van der Waals surface area contributed by atoms with Crippen molar-refractivity contribution in [3.63, 3.8) is 0 Å². The molecule has 0 radical (unpaired) electrons. The van der Waals surface area contributed by atoms with E-state index in [2.05, 4.69) is 15.3 Å². The molecule has 0 aliphatic heterocycles. The summed E-state index contributed by atoms with van der Waals surface area (Å²) >= 11 is 5.92. The third-order valence-corrected chi connectivity index (χ3v) is 2.63. The highest BCUT2D eigenvalue weighted by Gasteiger charge is 2.10. The van der Waals surface area contributed by atoms with E-state index >= 15 is 0 Å². The van der Waals surface area contributed by atoms with E-state index in [0.29, 0.717) is 16.7 Å². The number of halogens is 1. The Morgan fingerprint density at radius 3 is 2.71 bits per heavy atom. The van der Waals surface area contributed by atoms with Crippen LogP contribution in [0.25, 0.3) is 0 Å². The SMILES string of the molecule is COc1c(Cl)ncnc1Nc1ccccc1C. The third-order valence-electron chi connectivity index (χ3n) is 2.36. The molecule has 4 nitrogen and oxygen atoms in total. The number of hydrogen-bond acceptors (Lipinski definition) is 4. The highest BCUT2D eigenvalue weighted by atomic mass is 35.5. The quantitative estimate of drug-likeness (QED) is 0.849. The van der Waals surface area contributed by atoms with Gasteiger partial charge in [0.25, 0.3) is 0 Å². The number of benzene rings is 1. The lowest BCUT2D eigenvalue weighted by molar-refractivity contribution is 0.413. The minimum Gasteiger partial charge on any atom is -0.490 e. The summed E-state index contributed by atoms with van der Waals surface area (Å²) in [5, 5.41) is 3.46. The standard InChI is InChI=1S/C12H12ClN3O/c1-8-5-3-4-6-9(8)16-12-10(17-2)11(13)14-7-15-12/h3-7H,1-2H3,(H,14,15,16). The molecule has 1 heterocycles. The minimum atomic E-state index is 0.290. The molecular weight excluding hydrogens is 238 g/mol. The lowest BCUT2D eigenvalue weighted by Gasteiger charge is -2.11. The van der Waals surface area contributed by atoms with E-state index in [-0.39, 0.29) is 0 Å². The van der Waals surface area contributed by atoms with Gasteiger partial charge in [-0.15, -0.1) is 0 Å². The zero-order valence-electron chi connectivity index (χ0n) is 9.57.